The number of pyridine rings is 1. The second-order valence-corrected chi connectivity index (χ2v) is 5.27. The molecule has 106 valence electrons. The summed E-state index contributed by atoms with van der Waals surface area (Å²) in [6, 6.07) is 1.71. The van der Waals surface area contributed by atoms with Gasteiger partial charge in [0.2, 0.25) is 0 Å². The molecule has 19 heavy (non-hydrogen) atoms. The number of nitrogens with zero attached hydrogens (tertiary/aromatic N) is 1. The minimum Gasteiger partial charge on any atom is -0.388 e. The highest BCUT2D eigenvalue weighted by molar-refractivity contribution is 5.24. The number of hydrogen-bond donors (Lipinski definition) is 1. The lowest BCUT2D eigenvalue weighted by atomic mass is 9.74. The first-order valence-corrected chi connectivity index (χ1v) is 6.56. The monoisotopic (exact) mass is 273 g/mol. The van der Waals surface area contributed by atoms with E-state index in [4.69, 9.17) is 0 Å². The van der Waals surface area contributed by atoms with E-state index in [0.29, 0.717) is 18.4 Å². The summed E-state index contributed by atoms with van der Waals surface area (Å²) in [5, 5.41) is 10.3. The van der Waals surface area contributed by atoms with Gasteiger partial charge in [0.25, 0.3) is 0 Å². The Kier molecular flexibility index (Phi) is 4.13. The number of hydrogen-bond acceptors (Lipinski definition) is 2. The molecule has 0 bridgehead atoms. The van der Waals surface area contributed by atoms with Crippen LogP contribution in [-0.2, 0) is 0 Å². The topological polar surface area (TPSA) is 33.1 Å². The molecule has 3 atom stereocenters. The van der Waals surface area contributed by atoms with Crippen LogP contribution in [0.15, 0.2) is 18.5 Å². The van der Waals surface area contributed by atoms with Crippen LogP contribution in [0.25, 0.3) is 0 Å². The zero-order valence-electron chi connectivity index (χ0n) is 10.8. The molecule has 1 N–H and O–H groups in total. The summed E-state index contributed by atoms with van der Waals surface area (Å²) >= 11 is 0. The third kappa shape index (κ3) is 3.08. The maximum Gasteiger partial charge on any atom is 0.392 e. The van der Waals surface area contributed by atoms with E-state index in [-0.39, 0.29) is 6.42 Å². The molecule has 0 amide bonds. The number of halogens is 3. The normalized spacial score (nSPS) is 26.2. The predicted molar refractivity (Wildman–Crippen MR) is 65.4 cm³/mol. The van der Waals surface area contributed by atoms with Gasteiger partial charge in [-0.3, -0.25) is 4.98 Å². The molecule has 0 saturated heterocycles. The van der Waals surface area contributed by atoms with Crippen molar-refractivity contribution in [2.45, 2.75) is 44.9 Å². The third-order valence-electron chi connectivity index (χ3n) is 4.04. The predicted octanol–water partition coefficient (Wildman–Crippen LogP) is 3.79. The zero-order valence-corrected chi connectivity index (χ0v) is 10.8. The highest BCUT2D eigenvalue weighted by Gasteiger charge is 2.48. The van der Waals surface area contributed by atoms with Crippen LogP contribution in [-0.4, -0.2) is 16.3 Å². The third-order valence-corrected chi connectivity index (χ3v) is 4.04. The number of aryl methyl sites for hydroxylation is 1. The average molecular weight is 273 g/mol. The van der Waals surface area contributed by atoms with Gasteiger partial charge >= 0.3 is 6.18 Å². The zero-order chi connectivity index (χ0) is 14.0. The van der Waals surface area contributed by atoms with Gasteiger partial charge in [0.05, 0.1) is 12.0 Å². The molecule has 1 heterocycles. The van der Waals surface area contributed by atoms with E-state index in [1.807, 2.05) is 0 Å². The minimum atomic E-state index is -4.23. The average Bonchev–Trinajstić information content (AvgIpc) is 2.37. The van der Waals surface area contributed by atoms with Crippen LogP contribution in [0.3, 0.4) is 0 Å². The first-order chi connectivity index (χ1) is 8.91. The summed E-state index contributed by atoms with van der Waals surface area (Å²) in [5.74, 6) is -2.16. The van der Waals surface area contributed by atoms with Crippen LogP contribution in [0.5, 0.6) is 0 Å². The van der Waals surface area contributed by atoms with E-state index in [9.17, 15) is 18.3 Å². The summed E-state index contributed by atoms with van der Waals surface area (Å²) in [5.41, 5.74) is 1.30. The molecule has 2 rings (SSSR count). The van der Waals surface area contributed by atoms with Crippen LogP contribution < -0.4 is 0 Å². The fourth-order valence-corrected chi connectivity index (χ4v) is 2.96. The molecule has 0 spiro atoms. The Labute approximate surface area is 110 Å². The van der Waals surface area contributed by atoms with Gasteiger partial charge in [-0.25, -0.2) is 0 Å². The molecule has 3 unspecified atom stereocenters. The van der Waals surface area contributed by atoms with Crippen molar-refractivity contribution in [3.05, 3.63) is 29.6 Å². The SMILES string of the molecule is Cc1ccncc1C(O)C1CCCCC1C(F)(F)F. The van der Waals surface area contributed by atoms with Crippen LogP contribution in [0.2, 0.25) is 0 Å². The highest BCUT2D eigenvalue weighted by Crippen LogP contribution is 2.46. The Balaban J connectivity index is 2.25. The van der Waals surface area contributed by atoms with Crippen molar-refractivity contribution in [3.63, 3.8) is 0 Å². The molecule has 1 saturated carbocycles. The van der Waals surface area contributed by atoms with Gasteiger partial charge in [0.1, 0.15) is 0 Å². The lowest BCUT2D eigenvalue weighted by molar-refractivity contribution is -0.207. The second-order valence-electron chi connectivity index (χ2n) is 5.27. The van der Waals surface area contributed by atoms with Crippen LogP contribution >= 0.6 is 0 Å². The van der Waals surface area contributed by atoms with Gasteiger partial charge < -0.3 is 5.11 Å². The lowest BCUT2D eigenvalue weighted by Crippen LogP contribution is -2.36. The standard InChI is InChI=1S/C14H18F3NO/c1-9-6-7-18-8-11(9)13(19)10-4-2-3-5-12(10)14(15,16)17/h6-8,10,12-13,19H,2-5H2,1H3. The molecular formula is C14H18F3NO. The Morgan fingerprint density at radius 3 is 2.63 bits per heavy atom. The van der Waals surface area contributed by atoms with Gasteiger partial charge in [-0.15, -0.1) is 0 Å². The van der Waals surface area contributed by atoms with Crippen molar-refractivity contribution in [1.29, 1.82) is 0 Å². The Hall–Kier alpha value is -1.10. The number of rotatable bonds is 2. The smallest absolute Gasteiger partial charge is 0.388 e. The summed E-state index contributed by atoms with van der Waals surface area (Å²) in [6.07, 6.45) is -0.407. The van der Waals surface area contributed by atoms with Gasteiger partial charge in [0, 0.05) is 23.9 Å². The fourth-order valence-electron chi connectivity index (χ4n) is 2.96. The molecule has 1 aliphatic rings. The van der Waals surface area contributed by atoms with E-state index < -0.39 is 24.1 Å². The van der Waals surface area contributed by atoms with Crippen molar-refractivity contribution in [3.8, 4) is 0 Å². The highest BCUT2D eigenvalue weighted by atomic mass is 19.4. The van der Waals surface area contributed by atoms with E-state index in [1.165, 1.54) is 6.20 Å². The number of alkyl halides is 3. The molecule has 5 heteroatoms. The summed E-state index contributed by atoms with van der Waals surface area (Å²) < 4.78 is 39.1. The van der Waals surface area contributed by atoms with Gasteiger partial charge in [-0.1, -0.05) is 12.8 Å². The lowest BCUT2D eigenvalue weighted by Gasteiger charge is -2.36. The quantitative estimate of drug-likeness (QED) is 0.889. The Bertz CT molecular complexity index is 433. The van der Waals surface area contributed by atoms with Crippen LogP contribution in [0.4, 0.5) is 13.2 Å². The maximum atomic E-state index is 13.0. The number of aliphatic hydroxyl groups is 1. The largest absolute Gasteiger partial charge is 0.392 e. The Morgan fingerprint density at radius 2 is 2.00 bits per heavy atom. The van der Waals surface area contributed by atoms with E-state index in [2.05, 4.69) is 4.98 Å². The second kappa shape index (κ2) is 5.49. The van der Waals surface area contributed by atoms with Gasteiger partial charge in [-0.2, -0.15) is 13.2 Å². The van der Waals surface area contributed by atoms with Crippen molar-refractivity contribution < 1.29 is 18.3 Å². The number of aliphatic hydroxyl groups excluding tert-OH is 1. The van der Waals surface area contributed by atoms with Crippen molar-refractivity contribution in [1.82, 2.24) is 4.98 Å². The molecule has 0 aromatic carbocycles. The maximum absolute atomic E-state index is 13.0. The molecule has 0 aliphatic heterocycles. The molecule has 1 aromatic heterocycles. The van der Waals surface area contributed by atoms with Crippen LogP contribution in [0, 0.1) is 18.8 Å². The van der Waals surface area contributed by atoms with E-state index in [1.54, 1.807) is 19.2 Å². The first-order valence-electron chi connectivity index (χ1n) is 6.56. The first kappa shape index (κ1) is 14.3. The fraction of sp³-hybridized carbons (Fsp3) is 0.643. The summed E-state index contributed by atoms with van der Waals surface area (Å²) in [7, 11) is 0. The van der Waals surface area contributed by atoms with Crippen molar-refractivity contribution in [2.75, 3.05) is 0 Å². The molecule has 1 aromatic rings. The van der Waals surface area contributed by atoms with Crippen molar-refractivity contribution in [2.24, 2.45) is 11.8 Å². The van der Waals surface area contributed by atoms with Crippen molar-refractivity contribution >= 4 is 0 Å². The van der Waals surface area contributed by atoms with Gasteiger partial charge in [-0.05, 0) is 31.4 Å². The van der Waals surface area contributed by atoms with E-state index in [0.717, 1.165) is 12.0 Å². The van der Waals surface area contributed by atoms with Gasteiger partial charge in [0.15, 0.2) is 0 Å². The van der Waals surface area contributed by atoms with E-state index >= 15 is 0 Å². The molecule has 1 aliphatic carbocycles. The Morgan fingerprint density at radius 1 is 1.32 bits per heavy atom. The molecular weight excluding hydrogens is 255 g/mol. The number of aromatic nitrogens is 1. The molecule has 0 radical (unpaired) electrons. The minimum absolute atomic E-state index is 0.116. The summed E-state index contributed by atoms with van der Waals surface area (Å²) in [6.45, 7) is 1.78. The molecule has 1 fully saturated rings. The van der Waals surface area contributed by atoms with Crippen LogP contribution in [0.1, 0.15) is 42.9 Å². The summed E-state index contributed by atoms with van der Waals surface area (Å²) in [4.78, 5) is 3.91. The molecule has 2 nitrogen and oxygen atoms in total.